The molecule has 0 fully saturated rings. The Morgan fingerprint density at radius 3 is 0.662 bits per heavy atom. The molecule has 0 N–H and O–H groups in total. The molecule has 0 aliphatic carbocycles. The summed E-state index contributed by atoms with van der Waals surface area (Å²) >= 11 is 0. The number of rotatable bonds is 52. The van der Waals surface area contributed by atoms with Crippen LogP contribution in [0.2, 0.25) is 0 Å². The quantitative estimate of drug-likeness (QED) is 0.0344. The van der Waals surface area contributed by atoms with E-state index in [0.29, 0.717) is 19.3 Å². The van der Waals surface area contributed by atoms with Crippen molar-refractivity contribution >= 4 is 17.9 Å². The van der Waals surface area contributed by atoms with Gasteiger partial charge in [-0.15, -0.1) is 0 Å². The Morgan fingerprint density at radius 1 is 0.262 bits per heavy atom. The van der Waals surface area contributed by atoms with Crippen molar-refractivity contribution < 1.29 is 28.6 Å². The third kappa shape index (κ3) is 53.2. The number of unbranched alkanes of at least 4 members (excludes halogenated alkanes) is 35. The van der Waals surface area contributed by atoms with Gasteiger partial charge in [0.2, 0.25) is 0 Å². The van der Waals surface area contributed by atoms with Gasteiger partial charge in [-0.05, 0) is 37.0 Å². The van der Waals surface area contributed by atoms with Gasteiger partial charge >= 0.3 is 17.9 Å². The summed E-state index contributed by atoms with van der Waals surface area (Å²) in [5.74, 6) is 1.66. The number of hydrogen-bond donors (Lipinski definition) is 0. The van der Waals surface area contributed by atoms with E-state index in [4.69, 9.17) is 14.2 Å². The molecule has 0 radical (unpaired) electrons. The maximum absolute atomic E-state index is 12.8. The van der Waals surface area contributed by atoms with Crippen molar-refractivity contribution in [1.29, 1.82) is 0 Å². The molecular weight excluding hydrogens is 805 g/mol. The number of ether oxygens (including phenoxy) is 3. The zero-order valence-electron chi connectivity index (χ0n) is 44.8. The van der Waals surface area contributed by atoms with Gasteiger partial charge in [0.1, 0.15) is 13.2 Å². The molecule has 1 atom stereocenters. The van der Waals surface area contributed by atoms with E-state index >= 15 is 0 Å². The average molecular weight is 920 g/mol. The fraction of sp³-hybridized carbons (Fsp3) is 0.949. The van der Waals surface area contributed by atoms with Crippen LogP contribution >= 0.6 is 0 Å². The predicted octanol–water partition coefficient (Wildman–Crippen LogP) is 19.1. The summed E-state index contributed by atoms with van der Waals surface area (Å²) in [6.07, 6.45) is 52.4. The van der Waals surface area contributed by atoms with Gasteiger partial charge in [-0.25, -0.2) is 0 Å². The maximum atomic E-state index is 12.8. The molecular formula is C59H114O6. The van der Waals surface area contributed by atoms with E-state index in [0.717, 1.165) is 75.5 Å². The van der Waals surface area contributed by atoms with Crippen LogP contribution in [0.3, 0.4) is 0 Å². The highest BCUT2D eigenvalue weighted by Crippen LogP contribution is 2.18. The topological polar surface area (TPSA) is 78.9 Å². The predicted molar refractivity (Wildman–Crippen MR) is 279 cm³/mol. The summed E-state index contributed by atoms with van der Waals surface area (Å²) in [5, 5.41) is 0. The molecule has 0 amide bonds. The SMILES string of the molecule is CC(C)CCCCCCCCCCCCCCCCCC(=O)OC[C@@H](COC(=O)CCCCCCCCCCCCCCCC(C)C)OC(=O)CCCCCCCCCCCCC(C)C. The van der Waals surface area contributed by atoms with Gasteiger partial charge in [-0.2, -0.15) is 0 Å². The van der Waals surface area contributed by atoms with E-state index in [2.05, 4.69) is 41.5 Å². The normalized spacial score (nSPS) is 12.1. The molecule has 0 rings (SSSR count). The molecule has 0 aliphatic rings. The Bertz CT molecular complexity index is 1010. The largest absolute Gasteiger partial charge is 0.462 e. The summed E-state index contributed by atoms with van der Waals surface area (Å²) in [4.78, 5) is 38.1. The Hall–Kier alpha value is -1.59. The highest BCUT2D eigenvalue weighted by Gasteiger charge is 2.19. The van der Waals surface area contributed by atoms with E-state index in [1.165, 1.54) is 205 Å². The molecule has 0 unspecified atom stereocenters. The van der Waals surface area contributed by atoms with Crippen LogP contribution in [0.4, 0.5) is 0 Å². The molecule has 0 spiro atoms. The minimum atomic E-state index is -0.764. The molecule has 0 saturated carbocycles. The molecule has 6 heteroatoms. The first kappa shape index (κ1) is 63.4. The standard InChI is InChI=1S/C59H114O6/c1-53(2)45-39-33-27-21-15-11-8-7-9-13-17-24-30-36-42-48-57(60)63-51-56(65-59(62)50-44-38-32-26-20-19-23-29-35-41-47-55(5)6)52-64-58(61)49-43-37-31-25-18-14-10-12-16-22-28-34-40-46-54(3)4/h53-56H,7-52H2,1-6H3/t56-/m0/s1. The van der Waals surface area contributed by atoms with E-state index in [1.807, 2.05) is 0 Å². The Labute approximate surface area is 406 Å². The Balaban J connectivity index is 4.28. The molecule has 65 heavy (non-hydrogen) atoms. The fourth-order valence-electron chi connectivity index (χ4n) is 9.00. The highest BCUT2D eigenvalue weighted by molar-refractivity contribution is 5.71. The van der Waals surface area contributed by atoms with Crippen LogP contribution in [0.25, 0.3) is 0 Å². The van der Waals surface area contributed by atoms with Gasteiger partial charge in [-0.3, -0.25) is 14.4 Å². The monoisotopic (exact) mass is 919 g/mol. The summed E-state index contributed by atoms with van der Waals surface area (Å²) < 4.78 is 16.9. The van der Waals surface area contributed by atoms with Crippen LogP contribution in [-0.4, -0.2) is 37.2 Å². The van der Waals surface area contributed by atoms with Crippen LogP contribution in [0.5, 0.6) is 0 Å². The zero-order chi connectivity index (χ0) is 47.7. The molecule has 0 aliphatic heterocycles. The van der Waals surface area contributed by atoms with Crippen LogP contribution in [0, 0.1) is 17.8 Å². The number of carbonyl (C=O) groups excluding carboxylic acids is 3. The van der Waals surface area contributed by atoms with Crippen molar-refractivity contribution in [2.45, 2.75) is 330 Å². The van der Waals surface area contributed by atoms with Crippen LogP contribution in [-0.2, 0) is 28.6 Å². The second-order valence-electron chi connectivity index (χ2n) is 21.7. The van der Waals surface area contributed by atoms with Gasteiger partial charge in [0, 0.05) is 19.3 Å². The lowest BCUT2D eigenvalue weighted by atomic mass is 10.0. The van der Waals surface area contributed by atoms with Crippen LogP contribution in [0.15, 0.2) is 0 Å². The number of hydrogen-bond acceptors (Lipinski definition) is 6. The summed E-state index contributed by atoms with van der Waals surface area (Å²) in [5.41, 5.74) is 0. The minimum Gasteiger partial charge on any atom is -0.462 e. The Morgan fingerprint density at radius 2 is 0.446 bits per heavy atom. The third-order valence-corrected chi connectivity index (χ3v) is 13.4. The zero-order valence-corrected chi connectivity index (χ0v) is 44.8. The van der Waals surface area contributed by atoms with Gasteiger partial charge in [0.05, 0.1) is 0 Å². The Kier molecular flexibility index (Phi) is 49.1. The van der Waals surface area contributed by atoms with E-state index in [-0.39, 0.29) is 31.1 Å². The van der Waals surface area contributed by atoms with Crippen molar-refractivity contribution in [3.63, 3.8) is 0 Å². The van der Waals surface area contributed by atoms with E-state index in [1.54, 1.807) is 0 Å². The molecule has 0 aromatic heterocycles. The second kappa shape index (κ2) is 50.3. The van der Waals surface area contributed by atoms with Gasteiger partial charge in [-0.1, -0.05) is 286 Å². The van der Waals surface area contributed by atoms with Crippen molar-refractivity contribution in [3.05, 3.63) is 0 Å². The van der Waals surface area contributed by atoms with Crippen molar-refractivity contribution in [3.8, 4) is 0 Å². The molecule has 0 aromatic carbocycles. The molecule has 386 valence electrons. The van der Waals surface area contributed by atoms with Crippen molar-refractivity contribution in [2.75, 3.05) is 13.2 Å². The lowest BCUT2D eigenvalue weighted by Gasteiger charge is -2.18. The number of esters is 3. The first-order valence-corrected chi connectivity index (χ1v) is 29.1. The highest BCUT2D eigenvalue weighted by atomic mass is 16.6. The van der Waals surface area contributed by atoms with E-state index in [9.17, 15) is 14.4 Å². The van der Waals surface area contributed by atoms with Crippen LogP contribution in [0.1, 0.15) is 324 Å². The molecule has 0 heterocycles. The molecule has 0 saturated heterocycles. The lowest BCUT2D eigenvalue weighted by Crippen LogP contribution is -2.30. The molecule has 0 aromatic rings. The lowest BCUT2D eigenvalue weighted by molar-refractivity contribution is -0.167. The first-order valence-electron chi connectivity index (χ1n) is 29.1. The van der Waals surface area contributed by atoms with Gasteiger partial charge in [0.25, 0.3) is 0 Å². The van der Waals surface area contributed by atoms with Gasteiger partial charge < -0.3 is 14.2 Å². The minimum absolute atomic E-state index is 0.0636. The summed E-state index contributed by atoms with van der Waals surface area (Å²) in [7, 11) is 0. The fourth-order valence-corrected chi connectivity index (χ4v) is 9.00. The first-order chi connectivity index (χ1) is 31.6. The average Bonchev–Trinajstić information content (AvgIpc) is 3.26. The maximum Gasteiger partial charge on any atom is 0.306 e. The van der Waals surface area contributed by atoms with Gasteiger partial charge in [0.15, 0.2) is 6.10 Å². The second-order valence-corrected chi connectivity index (χ2v) is 21.7. The van der Waals surface area contributed by atoms with Crippen molar-refractivity contribution in [1.82, 2.24) is 0 Å². The molecule has 6 nitrogen and oxygen atoms in total. The molecule has 0 bridgehead atoms. The summed E-state index contributed by atoms with van der Waals surface area (Å²) in [6, 6.07) is 0. The summed E-state index contributed by atoms with van der Waals surface area (Å²) in [6.45, 7) is 13.8. The van der Waals surface area contributed by atoms with Crippen molar-refractivity contribution in [2.24, 2.45) is 17.8 Å². The third-order valence-electron chi connectivity index (χ3n) is 13.4. The van der Waals surface area contributed by atoms with E-state index < -0.39 is 6.10 Å². The van der Waals surface area contributed by atoms with Crippen LogP contribution < -0.4 is 0 Å². The smallest absolute Gasteiger partial charge is 0.306 e. The number of carbonyl (C=O) groups is 3.